The Kier molecular flexibility index (Phi) is 7.43. The lowest BCUT2D eigenvalue weighted by atomic mass is 9.44. The third-order valence-electron chi connectivity index (χ3n) is 11.7. The first kappa shape index (κ1) is 25.3. The van der Waals surface area contributed by atoms with Crippen LogP contribution in [0.2, 0.25) is 0 Å². The predicted octanol–water partition coefficient (Wildman–Crippen LogP) is 8.45. The molecule has 33 heavy (non-hydrogen) atoms. The molecule has 188 valence electrons. The number of hydrogen-bond acceptors (Lipinski definition) is 2. The molecule has 2 unspecified atom stereocenters. The molecular formula is C31H52O2. The van der Waals surface area contributed by atoms with Crippen LogP contribution in [0.4, 0.5) is 0 Å². The molecule has 0 aromatic carbocycles. The Morgan fingerprint density at radius 1 is 0.970 bits per heavy atom. The number of esters is 1. The van der Waals surface area contributed by atoms with Crippen LogP contribution >= 0.6 is 0 Å². The molecule has 0 aromatic rings. The molecule has 0 aromatic heterocycles. The van der Waals surface area contributed by atoms with Crippen LogP contribution in [0, 0.1) is 58.2 Å². The quantitative estimate of drug-likeness (QED) is 0.296. The third-order valence-corrected chi connectivity index (χ3v) is 11.7. The number of hydrogen-bond donors (Lipinski definition) is 0. The van der Waals surface area contributed by atoms with Crippen molar-refractivity contribution in [1.82, 2.24) is 0 Å². The first-order chi connectivity index (χ1) is 15.6. The predicted molar refractivity (Wildman–Crippen MR) is 138 cm³/mol. The summed E-state index contributed by atoms with van der Waals surface area (Å²) in [6, 6.07) is 0. The Balaban J connectivity index is 1.54. The number of ether oxygens (including phenoxy) is 1. The van der Waals surface area contributed by atoms with Crippen molar-refractivity contribution in [3.8, 4) is 0 Å². The Bertz CT molecular complexity index is 724. The summed E-state index contributed by atoms with van der Waals surface area (Å²) in [7, 11) is 0. The number of fused-ring (bicyclic) bond motifs is 5. The fourth-order valence-corrected chi connectivity index (χ4v) is 9.86. The monoisotopic (exact) mass is 456 g/mol. The lowest BCUT2D eigenvalue weighted by Crippen LogP contribution is -2.58. The molecule has 0 bridgehead atoms. The average molecular weight is 457 g/mol. The van der Waals surface area contributed by atoms with E-state index in [4.69, 9.17) is 4.74 Å². The zero-order valence-corrected chi connectivity index (χ0v) is 22.7. The van der Waals surface area contributed by atoms with E-state index in [0.29, 0.717) is 17.3 Å². The van der Waals surface area contributed by atoms with Gasteiger partial charge in [-0.25, -0.2) is 0 Å². The molecule has 0 spiro atoms. The van der Waals surface area contributed by atoms with E-state index in [0.717, 1.165) is 41.9 Å². The zero-order chi connectivity index (χ0) is 24.0. The van der Waals surface area contributed by atoms with Gasteiger partial charge in [-0.1, -0.05) is 53.7 Å². The van der Waals surface area contributed by atoms with Gasteiger partial charge in [0.25, 0.3) is 0 Å². The van der Waals surface area contributed by atoms with Crippen molar-refractivity contribution in [3.63, 3.8) is 0 Å². The molecule has 2 heteroatoms. The largest absolute Gasteiger partial charge is 0.462 e. The second kappa shape index (κ2) is 9.69. The Labute approximate surface area is 204 Å². The fourth-order valence-electron chi connectivity index (χ4n) is 9.86. The van der Waals surface area contributed by atoms with Gasteiger partial charge in [0.2, 0.25) is 0 Å². The van der Waals surface area contributed by atoms with Gasteiger partial charge in [0.1, 0.15) is 6.10 Å². The van der Waals surface area contributed by atoms with E-state index in [1.165, 1.54) is 57.8 Å². The SMILES string of the molecule is CC[C@H](/C=C/[C@@H](C)[C@H]1CC[C@H]2[C@@H]3CCC4CCCC(OC(C)=O)[C@]4(C)[C@H]3CC[C@]12C)C(C)C. The smallest absolute Gasteiger partial charge is 0.302 e. The summed E-state index contributed by atoms with van der Waals surface area (Å²) in [4.78, 5) is 12.0. The molecule has 2 nitrogen and oxygen atoms in total. The van der Waals surface area contributed by atoms with Crippen LogP contribution in [0.15, 0.2) is 12.2 Å². The summed E-state index contributed by atoms with van der Waals surface area (Å²) in [5.41, 5.74) is 0.683. The van der Waals surface area contributed by atoms with Crippen molar-refractivity contribution in [2.45, 2.75) is 119 Å². The second-order valence-electron chi connectivity index (χ2n) is 13.3. The molecule has 4 fully saturated rings. The Morgan fingerprint density at radius 2 is 1.73 bits per heavy atom. The maximum Gasteiger partial charge on any atom is 0.302 e. The Morgan fingerprint density at radius 3 is 2.39 bits per heavy atom. The first-order valence-electron chi connectivity index (χ1n) is 14.5. The summed E-state index contributed by atoms with van der Waals surface area (Å²) in [5, 5.41) is 0. The molecule has 0 radical (unpaired) electrons. The molecule has 4 saturated carbocycles. The zero-order valence-electron chi connectivity index (χ0n) is 22.7. The molecule has 4 aliphatic carbocycles. The van der Waals surface area contributed by atoms with Gasteiger partial charge in [-0.2, -0.15) is 0 Å². The van der Waals surface area contributed by atoms with E-state index in [1.54, 1.807) is 6.92 Å². The molecule has 0 aliphatic heterocycles. The minimum atomic E-state index is -0.0713. The summed E-state index contributed by atoms with van der Waals surface area (Å²) in [6.45, 7) is 16.4. The van der Waals surface area contributed by atoms with Crippen molar-refractivity contribution < 1.29 is 9.53 Å². The fraction of sp³-hybridized carbons (Fsp3) is 0.903. The van der Waals surface area contributed by atoms with Gasteiger partial charge < -0.3 is 4.74 Å². The van der Waals surface area contributed by atoms with Crippen molar-refractivity contribution in [2.24, 2.45) is 58.2 Å². The minimum absolute atomic E-state index is 0.0713. The lowest BCUT2D eigenvalue weighted by Gasteiger charge is -2.62. The maximum absolute atomic E-state index is 12.0. The van der Waals surface area contributed by atoms with Gasteiger partial charge in [0, 0.05) is 12.3 Å². The topological polar surface area (TPSA) is 26.3 Å². The molecule has 0 N–H and O–H groups in total. The van der Waals surface area contributed by atoms with E-state index >= 15 is 0 Å². The van der Waals surface area contributed by atoms with Gasteiger partial charge in [-0.15, -0.1) is 0 Å². The van der Waals surface area contributed by atoms with E-state index in [-0.39, 0.29) is 17.5 Å². The van der Waals surface area contributed by atoms with E-state index in [2.05, 4.69) is 53.7 Å². The van der Waals surface area contributed by atoms with Gasteiger partial charge in [0.15, 0.2) is 0 Å². The summed E-state index contributed by atoms with van der Waals surface area (Å²) in [5.74, 6) is 6.08. The average Bonchev–Trinajstić information content (AvgIpc) is 3.11. The van der Waals surface area contributed by atoms with Crippen molar-refractivity contribution in [1.29, 1.82) is 0 Å². The molecule has 4 aliphatic rings. The normalized spacial score (nSPS) is 44.7. The number of carbonyl (C=O) groups excluding carboxylic acids is 1. The molecular weight excluding hydrogens is 404 g/mol. The summed E-state index contributed by atoms with van der Waals surface area (Å²) < 4.78 is 6.04. The highest BCUT2D eigenvalue weighted by molar-refractivity contribution is 5.66. The number of rotatable bonds is 6. The van der Waals surface area contributed by atoms with Crippen LogP contribution < -0.4 is 0 Å². The van der Waals surface area contributed by atoms with Crippen molar-refractivity contribution in [2.75, 3.05) is 0 Å². The van der Waals surface area contributed by atoms with Gasteiger partial charge in [-0.3, -0.25) is 4.79 Å². The minimum Gasteiger partial charge on any atom is -0.462 e. The third kappa shape index (κ3) is 4.35. The first-order valence-corrected chi connectivity index (χ1v) is 14.5. The molecule has 0 saturated heterocycles. The second-order valence-corrected chi connectivity index (χ2v) is 13.3. The molecule has 0 heterocycles. The number of carbonyl (C=O) groups is 1. The van der Waals surface area contributed by atoms with Crippen molar-refractivity contribution in [3.05, 3.63) is 12.2 Å². The highest BCUT2D eigenvalue weighted by Crippen LogP contribution is 2.68. The van der Waals surface area contributed by atoms with E-state index in [9.17, 15) is 4.79 Å². The molecule has 0 amide bonds. The van der Waals surface area contributed by atoms with Gasteiger partial charge in [-0.05, 0) is 117 Å². The summed E-state index contributed by atoms with van der Waals surface area (Å²) in [6.07, 6.45) is 18.5. The van der Waals surface area contributed by atoms with E-state index in [1.807, 2.05) is 0 Å². The maximum atomic E-state index is 12.0. The summed E-state index contributed by atoms with van der Waals surface area (Å²) >= 11 is 0. The van der Waals surface area contributed by atoms with Crippen LogP contribution in [0.3, 0.4) is 0 Å². The lowest BCUT2D eigenvalue weighted by molar-refractivity contribution is -0.190. The Hall–Kier alpha value is -0.790. The van der Waals surface area contributed by atoms with Crippen LogP contribution in [-0.4, -0.2) is 12.1 Å². The van der Waals surface area contributed by atoms with Crippen LogP contribution in [0.5, 0.6) is 0 Å². The van der Waals surface area contributed by atoms with E-state index < -0.39 is 0 Å². The standard InChI is InChI=1S/C31H52O2/c1-8-23(20(2)3)13-12-21(4)26-16-17-27-25-15-14-24-10-9-11-29(33-22(5)32)31(24,7)28(25)18-19-30(26,27)6/h12-13,20-21,23-29H,8-11,14-19H2,1-7H3/b13-12+/t21-,23-,24?,25+,26-,27+,28+,29?,30-,31+/m1/s1. The highest BCUT2D eigenvalue weighted by Gasteiger charge is 2.62. The van der Waals surface area contributed by atoms with Crippen LogP contribution in [-0.2, 0) is 9.53 Å². The number of allylic oxidation sites excluding steroid dienone is 2. The van der Waals surface area contributed by atoms with Gasteiger partial charge >= 0.3 is 5.97 Å². The van der Waals surface area contributed by atoms with Gasteiger partial charge in [0.05, 0.1) is 0 Å². The molecule has 4 rings (SSSR count). The van der Waals surface area contributed by atoms with Crippen LogP contribution in [0.1, 0.15) is 113 Å². The highest BCUT2D eigenvalue weighted by atomic mass is 16.5. The van der Waals surface area contributed by atoms with Crippen molar-refractivity contribution >= 4 is 5.97 Å². The molecule has 10 atom stereocenters. The van der Waals surface area contributed by atoms with Crippen LogP contribution in [0.25, 0.3) is 0 Å².